The lowest BCUT2D eigenvalue weighted by atomic mass is 9.78. The molecule has 0 aliphatic carbocycles. The standard InChI is InChI=1S/C15H23ClFN/c1-10(15(2,3)4)7-13(18)8-11-5-6-12(17)9-14(11)16/h5-6,9-10,13H,7-8,18H2,1-4H3. The Morgan fingerprint density at radius 3 is 2.44 bits per heavy atom. The summed E-state index contributed by atoms with van der Waals surface area (Å²) in [6.45, 7) is 8.87. The van der Waals surface area contributed by atoms with Crippen molar-refractivity contribution in [2.24, 2.45) is 17.1 Å². The van der Waals surface area contributed by atoms with Crippen LogP contribution in [0.5, 0.6) is 0 Å². The summed E-state index contributed by atoms with van der Waals surface area (Å²) in [4.78, 5) is 0. The molecule has 0 saturated heterocycles. The second kappa shape index (κ2) is 6.03. The average molecular weight is 272 g/mol. The van der Waals surface area contributed by atoms with Gasteiger partial charge in [0, 0.05) is 11.1 Å². The number of hydrogen-bond donors (Lipinski definition) is 1. The Kier molecular flexibility index (Phi) is 5.18. The number of hydrogen-bond acceptors (Lipinski definition) is 1. The molecule has 2 atom stereocenters. The van der Waals surface area contributed by atoms with E-state index in [1.165, 1.54) is 12.1 Å². The van der Waals surface area contributed by atoms with E-state index >= 15 is 0 Å². The fourth-order valence-electron chi connectivity index (χ4n) is 1.86. The zero-order valence-corrected chi connectivity index (χ0v) is 12.4. The highest BCUT2D eigenvalue weighted by atomic mass is 35.5. The van der Waals surface area contributed by atoms with E-state index in [4.69, 9.17) is 17.3 Å². The van der Waals surface area contributed by atoms with Crippen LogP contribution < -0.4 is 5.73 Å². The summed E-state index contributed by atoms with van der Waals surface area (Å²) in [5.74, 6) is 0.229. The summed E-state index contributed by atoms with van der Waals surface area (Å²) >= 11 is 6.00. The predicted molar refractivity (Wildman–Crippen MR) is 76.3 cm³/mol. The molecular formula is C15H23ClFN. The third-order valence-electron chi connectivity index (χ3n) is 3.63. The molecule has 0 spiro atoms. The van der Waals surface area contributed by atoms with Crippen molar-refractivity contribution >= 4 is 11.6 Å². The van der Waals surface area contributed by atoms with Gasteiger partial charge in [-0.25, -0.2) is 4.39 Å². The molecule has 0 radical (unpaired) electrons. The van der Waals surface area contributed by atoms with Crippen molar-refractivity contribution in [3.8, 4) is 0 Å². The van der Waals surface area contributed by atoms with E-state index in [-0.39, 0.29) is 17.3 Å². The van der Waals surface area contributed by atoms with Crippen LogP contribution in [0.2, 0.25) is 5.02 Å². The first-order chi connectivity index (χ1) is 8.20. The molecule has 1 rings (SSSR count). The van der Waals surface area contributed by atoms with Crippen molar-refractivity contribution in [3.63, 3.8) is 0 Å². The molecule has 2 unspecified atom stereocenters. The van der Waals surface area contributed by atoms with Gasteiger partial charge in [-0.3, -0.25) is 0 Å². The maximum Gasteiger partial charge on any atom is 0.124 e. The second-order valence-electron chi connectivity index (χ2n) is 6.20. The molecule has 2 N–H and O–H groups in total. The Labute approximate surface area is 115 Å². The van der Waals surface area contributed by atoms with Crippen molar-refractivity contribution in [2.45, 2.75) is 46.6 Å². The summed E-state index contributed by atoms with van der Waals surface area (Å²) in [5, 5.41) is 0.467. The Bertz CT molecular complexity index is 398. The average Bonchev–Trinajstić information content (AvgIpc) is 2.20. The van der Waals surface area contributed by atoms with E-state index in [0.29, 0.717) is 17.4 Å². The monoisotopic (exact) mass is 271 g/mol. The van der Waals surface area contributed by atoms with Crippen LogP contribution >= 0.6 is 11.6 Å². The normalized spacial score (nSPS) is 15.5. The molecule has 0 fully saturated rings. The molecule has 0 amide bonds. The van der Waals surface area contributed by atoms with E-state index < -0.39 is 0 Å². The van der Waals surface area contributed by atoms with Gasteiger partial charge in [0.05, 0.1) is 0 Å². The highest BCUT2D eigenvalue weighted by Gasteiger charge is 2.22. The summed E-state index contributed by atoms with van der Waals surface area (Å²) in [7, 11) is 0. The van der Waals surface area contributed by atoms with Crippen LogP contribution in [0, 0.1) is 17.2 Å². The van der Waals surface area contributed by atoms with Gasteiger partial charge in [-0.2, -0.15) is 0 Å². The van der Waals surface area contributed by atoms with Crippen molar-refractivity contribution in [3.05, 3.63) is 34.6 Å². The lowest BCUT2D eigenvalue weighted by Gasteiger charge is -2.29. The molecule has 0 aliphatic heterocycles. The minimum absolute atomic E-state index is 0.0576. The third-order valence-corrected chi connectivity index (χ3v) is 3.98. The van der Waals surface area contributed by atoms with Gasteiger partial charge in [0.2, 0.25) is 0 Å². The van der Waals surface area contributed by atoms with Crippen LogP contribution in [-0.2, 0) is 6.42 Å². The van der Waals surface area contributed by atoms with Crippen LogP contribution in [-0.4, -0.2) is 6.04 Å². The van der Waals surface area contributed by atoms with Crippen molar-refractivity contribution in [1.82, 2.24) is 0 Å². The van der Waals surface area contributed by atoms with Crippen molar-refractivity contribution in [1.29, 1.82) is 0 Å². The Balaban J connectivity index is 2.62. The zero-order chi connectivity index (χ0) is 13.9. The molecule has 1 aromatic carbocycles. The van der Waals surface area contributed by atoms with Crippen LogP contribution in [0.3, 0.4) is 0 Å². The molecule has 0 aromatic heterocycles. The molecule has 0 aliphatic rings. The van der Waals surface area contributed by atoms with E-state index in [9.17, 15) is 4.39 Å². The van der Waals surface area contributed by atoms with E-state index in [0.717, 1.165) is 12.0 Å². The Hall–Kier alpha value is -0.600. The van der Waals surface area contributed by atoms with Crippen LogP contribution in [0.15, 0.2) is 18.2 Å². The fourth-order valence-corrected chi connectivity index (χ4v) is 2.11. The molecule has 0 saturated carbocycles. The minimum atomic E-state index is -0.305. The van der Waals surface area contributed by atoms with Gasteiger partial charge in [-0.1, -0.05) is 45.4 Å². The molecule has 0 bridgehead atoms. The Morgan fingerprint density at radius 2 is 1.94 bits per heavy atom. The smallest absolute Gasteiger partial charge is 0.124 e. The molecule has 1 aromatic rings. The van der Waals surface area contributed by atoms with Crippen LogP contribution in [0.25, 0.3) is 0 Å². The number of benzene rings is 1. The molecule has 18 heavy (non-hydrogen) atoms. The quantitative estimate of drug-likeness (QED) is 0.862. The zero-order valence-electron chi connectivity index (χ0n) is 11.6. The summed E-state index contributed by atoms with van der Waals surface area (Å²) < 4.78 is 12.9. The SMILES string of the molecule is CC(CC(N)Cc1ccc(F)cc1Cl)C(C)(C)C. The first-order valence-electron chi connectivity index (χ1n) is 6.39. The summed E-state index contributed by atoms with van der Waals surface area (Å²) in [6, 6.07) is 4.55. The van der Waals surface area contributed by atoms with Gasteiger partial charge in [-0.15, -0.1) is 0 Å². The van der Waals surface area contributed by atoms with Crippen LogP contribution in [0.1, 0.15) is 39.7 Å². The predicted octanol–water partition coefficient (Wildman–Crippen LogP) is 4.42. The second-order valence-corrected chi connectivity index (χ2v) is 6.61. The number of nitrogens with two attached hydrogens (primary N) is 1. The molecule has 3 heteroatoms. The Morgan fingerprint density at radius 1 is 1.33 bits per heavy atom. The first kappa shape index (κ1) is 15.5. The fraction of sp³-hybridized carbons (Fsp3) is 0.600. The maximum atomic E-state index is 12.9. The topological polar surface area (TPSA) is 26.0 Å². The van der Waals surface area contributed by atoms with E-state index in [2.05, 4.69) is 27.7 Å². The lowest BCUT2D eigenvalue weighted by Crippen LogP contribution is -2.30. The van der Waals surface area contributed by atoms with Crippen molar-refractivity contribution < 1.29 is 4.39 Å². The minimum Gasteiger partial charge on any atom is -0.327 e. The summed E-state index contributed by atoms with van der Waals surface area (Å²) in [6.07, 6.45) is 1.64. The van der Waals surface area contributed by atoms with Crippen molar-refractivity contribution in [2.75, 3.05) is 0 Å². The van der Waals surface area contributed by atoms with E-state index in [1.807, 2.05) is 0 Å². The van der Waals surface area contributed by atoms with Crippen LogP contribution in [0.4, 0.5) is 4.39 Å². The number of rotatable bonds is 4. The highest BCUT2D eigenvalue weighted by Crippen LogP contribution is 2.29. The first-order valence-corrected chi connectivity index (χ1v) is 6.77. The molecule has 1 nitrogen and oxygen atoms in total. The highest BCUT2D eigenvalue weighted by molar-refractivity contribution is 6.31. The number of halogens is 2. The van der Waals surface area contributed by atoms with Gasteiger partial charge in [0.1, 0.15) is 5.82 Å². The largest absolute Gasteiger partial charge is 0.327 e. The summed E-state index contributed by atoms with van der Waals surface area (Å²) in [5.41, 5.74) is 7.33. The van der Waals surface area contributed by atoms with Gasteiger partial charge in [-0.05, 0) is 41.9 Å². The maximum absolute atomic E-state index is 12.9. The van der Waals surface area contributed by atoms with Gasteiger partial charge in [0.25, 0.3) is 0 Å². The van der Waals surface area contributed by atoms with Gasteiger partial charge >= 0.3 is 0 Å². The molecule has 102 valence electrons. The van der Waals surface area contributed by atoms with E-state index in [1.54, 1.807) is 6.07 Å². The molecular weight excluding hydrogens is 249 g/mol. The molecule has 0 heterocycles. The van der Waals surface area contributed by atoms with Gasteiger partial charge < -0.3 is 5.73 Å². The lowest BCUT2D eigenvalue weighted by molar-refractivity contribution is 0.233. The van der Waals surface area contributed by atoms with Gasteiger partial charge in [0.15, 0.2) is 0 Å². The third kappa shape index (κ3) is 4.58.